The van der Waals surface area contributed by atoms with E-state index in [0.717, 1.165) is 42.0 Å². The lowest BCUT2D eigenvalue weighted by Gasteiger charge is -2.11. The van der Waals surface area contributed by atoms with Crippen LogP contribution in [-0.2, 0) is 35.3 Å². The van der Waals surface area contributed by atoms with E-state index in [1.165, 1.54) is 12.1 Å². The second kappa shape index (κ2) is 13.1. The molecule has 13 heteroatoms. The van der Waals surface area contributed by atoms with Gasteiger partial charge in [-0.25, -0.2) is 0 Å². The first kappa shape index (κ1) is 30.1. The molecule has 206 valence electrons. The Morgan fingerprint density at radius 1 is 0.949 bits per heavy atom. The molecule has 3 aromatic carbocycles. The number of nitrogens with zero attached hydrogens (tertiary/aromatic N) is 1. The molecule has 0 bridgehead atoms. The molecule has 0 amide bonds. The second-order valence-corrected chi connectivity index (χ2v) is 11.1. The minimum atomic E-state index is -4.98. The lowest BCUT2D eigenvalue weighted by molar-refractivity contribution is -0.146. The van der Waals surface area contributed by atoms with Crippen molar-refractivity contribution in [1.82, 2.24) is 0 Å². The highest BCUT2D eigenvalue weighted by Gasteiger charge is 2.38. The lowest BCUT2D eigenvalue weighted by atomic mass is 10.1. The van der Waals surface area contributed by atoms with Crippen LogP contribution in [0.5, 0.6) is 5.75 Å². The van der Waals surface area contributed by atoms with E-state index in [9.17, 15) is 31.2 Å². The smallest absolute Gasteiger partial charge is 0.437 e. The summed E-state index contributed by atoms with van der Waals surface area (Å²) in [4.78, 5) is 23.8. The van der Waals surface area contributed by atoms with Crippen LogP contribution in [-0.4, -0.2) is 36.2 Å². The van der Waals surface area contributed by atoms with Crippen molar-refractivity contribution >= 4 is 50.4 Å². The number of carbonyl (C=O) groups is 2. The summed E-state index contributed by atoms with van der Waals surface area (Å²) in [6.07, 6.45) is -5.29. The summed E-state index contributed by atoms with van der Waals surface area (Å²) < 4.78 is 78.9. The number of ether oxygens (including phenoxy) is 2. The number of alkyl halides is 4. The molecule has 1 atom stereocenters. The van der Waals surface area contributed by atoms with Gasteiger partial charge in [0.2, 0.25) is 0 Å². The maximum Gasteiger partial charge on any atom is 0.437 e. The number of rotatable bonds is 10. The average Bonchev–Trinajstić information content (AvgIpc) is 2.88. The monoisotopic (exact) mass is 675 g/mol. The Kier molecular flexibility index (Phi) is 10.1. The van der Waals surface area contributed by atoms with Gasteiger partial charge in [0.15, 0.2) is 5.71 Å². The van der Waals surface area contributed by atoms with Gasteiger partial charge >= 0.3 is 28.2 Å². The van der Waals surface area contributed by atoms with Gasteiger partial charge in [0.25, 0.3) is 0 Å². The van der Waals surface area contributed by atoms with Crippen molar-refractivity contribution in [2.75, 3.05) is 0 Å². The van der Waals surface area contributed by atoms with Gasteiger partial charge in [-0.2, -0.15) is 21.6 Å². The van der Waals surface area contributed by atoms with E-state index in [1.54, 1.807) is 53.8 Å². The third-order valence-corrected chi connectivity index (χ3v) is 7.06. The van der Waals surface area contributed by atoms with Crippen molar-refractivity contribution in [2.24, 2.45) is 5.16 Å². The van der Waals surface area contributed by atoms with E-state index in [0.29, 0.717) is 5.56 Å². The molecule has 0 spiro atoms. The molecule has 0 N–H and O–H groups in total. The first-order valence-electron chi connectivity index (χ1n) is 11.2. The molecule has 0 radical (unpaired) electrons. The number of hydrogen-bond donors (Lipinski definition) is 0. The summed E-state index contributed by atoms with van der Waals surface area (Å²) >= 11 is 1.75. The fourth-order valence-corrected chi connectivity index (χ4v) is 4.27. The number of benzene rings is 3. The lowest BCUT2D eigenvalue weighted by Crippen LogP contribution is -2.25. The Morgan fingerprint density at radius 3 is 2.15 bits per heavy atom. The van der Waals surface area contributed by atoms with Gasteiger partial charge in [0.05, 0.1) is 6.42 Å². The average molecular weight is 675 g/mol. The van der Waals surface area contributed by atoms with E-state index in [1.807, 2.05) is 6.07 Å². The first-order chi connectivity index (χ1) is 18.3. The predicted octanol–water partition coefficient (Wildman–Crippen LogP) is 5.51. The van der Waals surface area contributed by atoms with Gasteiger partial charge in [-0.3, -0.25) is 13.9 Å². The van der Waals surface area contributed by atoms with Crippen LogP contribution in [0.1, 0.15) is 23.1 Å². The van der Waals surface area contributed by atoms with Crippen LogP contribution < -0.4 is 4.74 Å². The van der Waals surface area contributed by atoms with Crippen LogP contribution in [0.15, 0.2) is 88.9 Å². The van der Waals surface area contributed by atoms with Crippen LogP contribution in [0.2, 0.25) is 0 Å². The molecule has 8 nitrogen and oxygen atoms in total. The van der Waals surface area contributed by atoms with Crippen LogP contribution >= 0.6 is 22.6 Å². The number of carbonyl (C=O) groups excluding carboxylic acids is 2. The second-order valence-electron chi connectivity index (χ2n) is 8.04. The van der Waals surface area contributed by atoms with E-state index in [4.69, 9.17) is 9.47 Å². The van der Waals surface area contributed by atoms with Gasteiger partial charge in [0, 0.05) is 5.56 Å². The molecular formula is C26H21F3INO7S. The minimum Gasteiger partial charge on any atom is -0.460 e. The van der Waals surface area contributed by atoms with Gasteiger partial charge in [-0.1, -0.05) is 87.9 Å². The summed E-state index contributed by atoms with van der Waals surface area (Å²) in [5.41, 5.74) is -0.409. The van der Waals surface area contributed by atoms with E-state index in [2.05, 4.69) is 9.44 Å². The van der Waals surface area contributed by atoms with Crippen LogP contribution in [0, 0.1) is 6.92 Å². The van der Waals surface area contributed by atoms with Crippen molar-refractivity contribution in [1.29, 1.82) is 0 Å². The molecule has 3 rings (SSSR count). The maximum absolute atomic E-state index is 13.4. The van der Waals surface area contributed by atoms with Crippen molar-refractivity contribution in [3.8, 4) is 5.75 Å². The fourth-order valence-electron chi connectivity index (χ4n) is 3.01. The molecule has 3 aromatic rings. The predicted molar refractivity (Wildman–Crippen MR) is 143 cm³/mol. The number of oxime groups is 1. The summed E-state index contributed by atoms with van der Waals surface area (Å²) in [6, 6.07) is 18.3. The summed E-state index contributed by atoms with van der Waals surface area (Å²) in [5.74, 6) is -1.45. The third-order valence-electron chi connectivity index (χ3n) is 4.99. The Hall–Kier alpha value is -3.46. The van der Waals surface area contributed by atoms with E-state index < -0.39 is 42.8 Å². The molecule has 0 aliphatic heterocycles. The summed E-state index contributed by atoms with van der Waals surface area (Å²) in [6.45, 7) is 1.73. The molecule has 0 fully saturated rings. The minimum absolute atomic E-state index is 0.0474. The zero-order valence-electron chi connectivity index (χ0n) is 20.2. The van der Waals surface area contributed by atoms with Crippen LogP contribution in [0.3, 0.4) is 0 Å². The standard InChI is InChI=1S/C26H21F3INO7S/c1-17-7-9-19(10-8-17)24(26(27,28)29)31-38-39(34,35)21-13-11-20(12-14-21)37-23(32)15-22(30)25(33)36-16-18-5-3-2-4-6-18/h2-14,22H,15-16H2,1H3. The van der Waals surface area contributed by atoms with Crippen LogP contribution in [0.25, 0.3) is 0 Å². The van der Waals surface area contributed by atoms with Crippen molar-refractivity contribution in [2.45, 2.75) is 34.9 Å². The van der Waals surface area contributed by atoms with Gasteiger partial charge in [-0.05, 0) is 36.8 Å². The number of hydrogen-bond acceptors (Lipinski definition) is 8. The van der Waals surface area contributed by atoms with Crippen molar-refractivity contribution < 1.29 is 44.9 Å². The fraction of sp³-hybridized carbons (Fsp3) is 0.192. The molecule has 1 unspecified atom stereocenters. The number of esters is 2. The normalized spacial score (nSPS) is 12.9. The molecule has 0 aromatic heterocycles. The summed E-state index contributed by atoms with van der Waals surface area (Å²) in [5, 5.41) is 2.87. The largest absolute Gasteiger partial charge is 0.460 e. The molecular weight excluding hydrogens is 654 g/mol. The van der Waals surface area contributed by atoms with Gasteiger partial charge in [0.1, 0.15) is 21.2 Å². The molecule has 0 aliphatic rings. The first-order valence-corrected chi connectivity index (χ1v) is 13.8. The zero-order valence-corrected chi connectivity index (χ0v) is 23.2. The maximum atomic E-state index is 13.4. The van der Waals surface area contributed by atoms with Crippen molar-refractivity contribution in [3.63, 3.8) is 0 Å². The van der Waals surface area contributed by atoms with Crippen LogP contribution in [0.4, 0.5) is 13.2 Å². The zero-order chi connectivity index (χ0) is 28.6. The Balaban J connectivity index is 1.59. The third kappa shape index (κ3) is 9.06. The molecule has 0 saturated heterocycles. The SMILES string of the molecule is Cc1ccc(C(=NOS(=O)(=O)c2ccc(OC(=O)CC(I)C(=O)OCc3ccccc3)cc2)C(F)(F)F)cc1. The molecule has 0 heterocycles. The molecule has 0 saturated carbocycles. The highest BCUT2D eigenvalue weighted by Crippen LogP contribution is 2.25. The Morgan fingerprint density at radius 2 is 1.56 bits per heavy atom. The highest BCUT2D eigenvalue weighted by atomic mass is 127. The van der Waals surface area contributed by atoms with E-state index >= 15 is 0 Å². The van der Waals surface area contributed by atoms with Gasteiger partial charge < -0.3 is 9.47 Å². The number of aryl methyl sites for hydroxylation is 1. The summed E-state index contributed by atoms with van der Waals surface area (Å²) in [7, 11) is -4.73. The topological polar surface area (TPSA) is 108 Å². The highest BCUT2D eigenvalue weighted by molar-refractivity contribution is 14.1. The quantitative estimate of drug-likeness (QED) is 0.0697. The Labute approximate surface area is 236 Å². The van der Waals surface area contributed by atoms with E-state index in [-0.39, 0.29) is 24.3 Å². The Bertz CT molecular complexity index is 1430. The molecule has 39 heavy (non-hydrogen) atoms. The van der Waals surface area contributed by atoms with Gasteiger partial charge in [-0.15, -0.1) is 0 Å². The molecule has 0 aliphatic carbocycles. The number of halogens is 4. The van der Waals surface area contributed by atoms with Crippen molar-refractivity contribution in [3.05, 3.63) is 95.6 Å².